The minimum atomic E-state index is -0.238. The Bertz CT molecular complexity index is 883. The van der Waals surface area contributed by atoms with E-state index in [1.165, 1.54) is 6.07 Å². The number of nitrogens with one attached hydrogen (secondary N) is 1. The molecule has 0 aliphatic rings. The van der Waals surface area contributed by atoms with E-state index in [-0.39, 0.29) is 52.8 Å². The molecule has 2 nitrogen and oxygen atoms in total. The molecule has 0 aliphatic carbocycles. The van der Waals surface area contributed by atoms with Gasteiger partial charge in [0.25, 0.3) is 0 Å². The molecule has 0 bridgehead atoms. The molecule has 0 spiro atoms. The Labute approximate surface area is 89.8 Å². The molecule has 0 saturated heterocycles. The SMILES string of the molecule is [2H]c1cc2[nH]c3c([2H])c([2H])c(N)c([2H])c3c2c([2H])c1[2H]. The van der Waals surface area contributed by atoms with Gasteiger partial charge in [-0.05, 0) is 24.2 Å². The third-order valence-corrected chi connectivity index (χ3v) is 2.09. The van der Waals surface area contributed by atoms with Crippen molar-refractivity contribution in [1.82, 2.24) is 4.98 Å². The third kappa shape index (κ3) is 0.909. The normalized spacial score (nSPS) is 17.1. The van der Waals surface area contributed by atoms with Gasteiger partial charge in [0.1, 0.15) is 0 Å². The highest BCUT2D eigenvalue weighted by atomic mass is 14.7. The first-order valence-corrected chi connectivity index (χ1v) is 4.12. The highest BCUT2D eigenvalue weighted by Gasteiger charge is 2.02. The topological polar surface area (TPSA) is 41.8 Å². The summed E-state index contributed by atoms with van der Waals surface area (Å²) in [5.41, 5.74) is 6.18. The zero-order valence-corrected chi connectivity index (χ0v) is 7.15. The van der Waals surface area contributed by atoms with E-state index >= 15 is 0 Å². The molecule has 1 aromatic heterocycles. The maximum absolute atomic E-state index is 8.01. The van der Waals surface area contributed by atoms with E-state index in [0.717, 1.165) is 0 Å². The Morgan fingerprint density at radius 2 is 2.00 bits per heavy atom. The number of rotatable bonds is 0. The first kappa shape index (κ1) is 3.65. The summed E-state index contributed by atoms with van der Waals surface area (Å²) in [5, 5.41) is 0.559. The molecule has 0 unspecified atom stereocenters. The molecule has 0 radical (unpaired) electrons. The molecule has 0 fully saturated rings. The minimum absolute atomic E-state index is 0.105. The second-order valence-electron chi connectivity index (χ2n) is 2.99. The molecule has 1 heterocycles. The van der Waals surface area contributed by atoms with Gasteiger partial charge in [-0.3, -0.25) is 0 Å². The second-order valence-corrected chi connectivity index (χ2v) is 2.99. The summed E-state index contributed by atoms with van der Waals surface area (Å²) < 4.78 is 46.9. The summed E-state index contributed by atoms with van der Waals surface area (Å²) in [7, 11) is 0. The van der Waals surface area contributed by atoms with Crippen LogP contribution in [0.5, 0.6) is 0 Å². The zero-order valence-electron chi connectivity index (χ0n) is 13.2. The fourth-order valence-corrected chi connectivity index (χ4v) is 1.48. The number of fused-ring (bicyclic) bond motifs is 3. The van der Waals surface area contributed by atoms with Crippen LogP contribution in [0.15, 0.2) is 42.3 Å². The van der Waals surface area contributed by atoms with Crippen LogP contribution >= 0.6 is 0 Å². The van der Waals surface area contributed by atoms with Crippen LogP contribution in [0, 0.1) is 0 Å². The standard InChI is InChI=1S/C12H10N2/c13-8-5-6-12-10(7-8)9-3-1-2-4-11(9)14-12/h1-7,14H,13H2/i1D,2D,3D,5D,6D,7D. The van der Waals surface area contributed by atoms with Crippen LogP contribution < -0.4 is 5.73 Å². The number of anilines is 1. The first-order chi connectivity index (χ1) is 9.34. The van der Waals surface area contributed by atoms with Gasteiger partial charge >= 0.3 is 0 Å². The van der Waals surface area contributed by atoms with Gasteiger partial charge in [-0.1, -0.05) is 18.1 Å². The van der Waals surface area contributed by atoms with E-state index in [0.29, 0.717) is 10.9 Å². The zero-order chi connectivity index (χ0) is 14.8. The quantitative estimate of drug-likeness (QED) is 0.523. The maximum atomic E-state index is 8.01. The summed E-state index contributed by atoms with van der Waals surface area (Å²) in [4.78, 5) is 2.86. The average Bonchev–Trinajstić information content (AvgIpc) is 2.79. The molecule has 68 valence electrons. The molecule has 0 saturated carbocycles. The summed E-state index contributed by atoms with van der Waals surface area (Å²) in [5.74, 6) is 0. The number of nitrogens with two attached hydrogens (primary N) is 1. The lowest BCUT2D eigenvalue weighted by atomic mass is 10.1. The fraction of sp³-hybridized carbons (Fsp3) is 0. The number of nitrogen functional groups attached to an aromatic ring is 1. The van der Waals surface area contributed by atoms with Gasteiger partial charge in [-0.25, -0.2) is 0 Å². The second kappa shape index (κ2) is 2.51. The van der Waals surface area contributed by atoms with Crippen molar-refractivity contribution >= 4 is 27.5 Å². The Morgan fingerprint density at radius 3 is 2.93 bits per heavy atom. The molecule has 3 N–H and O–H groups in total. The van der Waals surface area contributed by atoms with Crippen molar-refractivity contribution in [3.8, 4) is 0 Å². The molecular weight excluding hydrogens is 172 g/mol. The predicted molar refractivity (Wildman–Crippen MR) is 60.2 cm³/mol. The summed E-state index contributed by atoms with van der Waals surface area (Å²) in [6.07, 6.45) is 0. The molecule has 3 rings (SSSR count). The lowest BCUT2D eigenvalue weighted by Crippen LogP contribution is -1.81. The third-order valence-electron chi connectivity index (χ3n) is 2.09. The molecule has 0 atom stereocenters. The molecule has 2 heteroatoms. The monoisotopic (exact) mass is 188 g/mol. The van der Waals surface area contributed by atoms with Crippen LogP contribution in [0.3, 0.4) is 0 Å². The van der Waals surface area contributed by atoms with Crippen molar-refractivity contribution in [3.05, 3.63) is 42.3 Å². The number of para-hydroxylation sites is 1. The van der Waals surface area contributed by atoms with Gasteiger partial charge in [0.2, 0.25) is 0 Å². The van der Waals surface area contributed by atoms with Crippen LogP contribution in [0.2, 0.25) is 0 Å². The smallest absolute Gasteiger partial charge is 0.0652 e. The maximum Gasteiger partial charge on any atom is 0.0652 e. The van der Waals surface area contributed by atoms with Crippen molar-refractivity contribution in [2.75, 3.05) is 5.73 Å². The summed E-state index contributed by atoms with van der Waals surface area (Å²) in [6.45, 7) is 0. The highest BCUT2D eigenvalue weighted by molar-refractivity contribution is 6.08. The average molecular weight is 188 g/mol. The number of aromatic nitrogens is 1. The molecule has 3 aromatic rings. The highest BCUT2D eigenvalue weighted by Crippen LogP contribution is 2.26. The Kier molecular flexibility index (Phi) is 0.656. The van der Waals surface area contributed by atoms with E-state index in [4.69, 9.17) is 14.0 Å². The van der Waals surface area contributed by atoms with Crippen LogP contribution in [-0.2, 0) is 0 Å². The van der Waals surface area contributed by atoms with E-state index in [1.54, 1.807) is 0 Å². The molecule has 0 amide bonds. The largest absolute Gasteiger partial charge is 0.399 e. The van der Waals surface area contributed by atoms with E-state index in [2.05, 4.69) is 4.98 Å². The number of hydrogen-bond acceptors (Lipinski definition) is 1. The predicted octanol–water partition coefficient (Wildman–Crippen LogP) is 2.90. The molecule has 14 heavy (non-hydrogen) atoms. The van der Waals surface area contributed by atoms with Gasteiger partial charge in [0.05, 0.1) is 8.22 Å². The van der Waals surface area contributed by atoms with Gasteiger partial charge in [-0.2, -0.15) is 0 Å². The Hall–Kier alpha value is -1.96. The van der Waals surface area contributed by atoms with Crippen LogP contribution in [-0.4, -0.2) is 4.98 Å². The lowest BCUT2D eigenvalue weighted by molar-refractivity contribution is 1.55. The van der Waals surface area contributed by atoms with Gasteiger partial charge in [-0.15, -0.1) is 0 Å². The first-order valence-electron chi connectivity index (χ1n) is 7.12. The Morgan fingerprint density at radius 1 is 1.07 bits per heavy atom. The van der Waals surface area contributed by atoms with Crippen molar-refractivity contribution in [2.45, 2.75) is 0 Å². The van der Waals surface area contributed by atoms with E-state index < -0.39 is 0 Å². The van der Waals surface area contributed by atoms with E-state index in [1.807, 2.05) is 0 Å². The minimum Gasteiger partial charge on any atom is -0.399 e. The van der Waals surface area contributed by atoms with Crippen LogP contribution in [0.1, 0.15) is 8.22 Å². The summed E-state index contributed by atoms with van der Waals surface area (Å²) in [6, 6.07) is 0.347. The number of hydrogen-bond donors (Lipinski definition) is 2. The number of benzene rings is 2. The van der Waals surface area contributed by atoms with E-state index in [9.17, 15) is 0 Å². The van der Waals surface area contributed by atoms with Gasteiger partial charge < -0.3 is 10.7 Å². The molecular formula is C12H10N2. The van der Waals surface area contributed by atoms with Crippen molar-refractivity contribution in [3.63, 3.8) is 0 Å². The van der Waals surface area contributed by atoms with Crippen molar-refractivity contribution in [1.29, 1.82) is 0 Å². The van der Waals surface area contributed by atoms with Crippen LogP contribution in [0.25, 0.3) is 21.8 Å². The number of aromatic amines is 1. The number of H-pyrrole nitrogens is 1. The van der Waals surface area contributed by atoms with Gasteiger partial charge in [0.15, 0.2) is 0 Å². The van der Waals surface area contributed by atoms with Crippen LogP contribution in [0.4, 0.5) is 5.69 Å². The summed E-state index contributed by atoms with van der Waals surface area (Å²) >= 11 is 0. The molecule has 0 aliphatic heterocycles. The lowest BCUT2D eigenvalue weighted by Gasteiger charge is -1.92. The molecule has 2 aromatic carbocycles. The van der Waals surface area contributed by atoms with Crippen molar-refractivity contribution < 1.29 is 8.22 Å². The fourth-order valence-electron chi connectivity index (χ4n) is 1.48. The van der Waals surface area contributed by atoms with Gasteiger partial charge in [0, 0.05) is 27.5 Å². The Balaban J connectivity index is 2.69. The van der Waals surface area contributed by atoms with Crippen molar-refractivity contribution in [2.24, 2.45) is 0 Å².